The highest BCUT2D eigenvalue weighted by Gasteiger charge is 2.39. The van der Waals surface area contributed by atoms with Crippen molar-refractivity contribution >= 4 is 22.5 Å². The number of aromatic nitrogens is 4. The molecule has 4 aromatic rings. The summed E-state index contributed by atoms with van der Waals surface area (Å²) in [7, 11) is 2.20. The van der Waals surface area contributed by atoms with Crippen LogP contribution in [0.15, 0.2) is 67.0 Å². The number of fused-ring (bicyclic) bond motifs is 1. The van der Waals surface area contributed by atoms with Crippen LogP contribution in [0.4, 0.5) is 11.5 Å². The number of rotatable bonds is 7. The second kappa shape index (κ2) is 10.9. The van der Waals surface area contributed by atoms with E-state index in [0.717, 1.165) is 63.1 Å². The van der Waals surface area contributed by atoms with E-state index in [9.17, 15) is 5.11 Å². The van der Waals surface area contributed by atoms with Gasteiger partial charge < -0.3 is 21.1 Å². The van der Waals surface area contributed by atoms with Gasteiger partial charge in [-0.25, -0.2) is 14.6 Å². The molecule has 3 heterocycles. The number of hydrogen-bond acceptors (Lipinski definition) is 8. The molecule has 0 bridgehead atoms. The van der Waals surface area contributed by atoms with Gasteiger partial charge in [0.1, 0.15) is 17.8 Å². The van der Waals surface area contributed by atoms with Crippen LogP contribution in [0.25, 0.3) is 11.0 Å². The van der Waals surface area contributed by atoms with E-state index in [1.807, 2.05) is 65.3 Å². The van der Waals surface area contributed by atoms with Gasteiger partial charge in [-0.2, -0.15) is 5.10 Å². The molecule has 1 saturated heterocycles. The van der Waals surface area contributed by atoms with Gasteiger partial charge in [0.25, 0.3) is 0 Å². The Morgan fingerprint density at radius 3 is 2.23 bits per heavy atom. The minimum Gasteiger partial charge on any atom is -0.383 e. The Kier molecular flexibility index (Phi) is 7.20. The standard InChI is InChI=1S/C30H38N8O/c1-36-16-18-37(19-17-36)24-12-14-25(15-13-24)38-29-26(28(31)33-21-34-29)27(35-38)30(39,22-8-4-2-5-9-22)20-32-23-10-6-3-7-11-23/h2-11,21,24-25,32,39H,12-20H2,1H3,(H2,31,33,34). The Hall–Kier alpha value is -3.53. The lowest BCUT2D eigenvalue weighted by molar-refractivity contribution is 0.0790. The molecular weight excluding hydrogens is 488 g/mol. The van der Waals surface area contributed by atoms with Gasteiger partial charge in [0.05, 0.1) is 18.0 Å². The molecule has 6 rings (SSSR count). The molecule has 0 amide bonds. The molecule has 1 unspecified atom stereocenters. The highest BCUT2D eigenvalue weighted by Crippen LogP contribution is 2.39. The van der Waals surface area contributed by atoms with Crippen molar-refractivity contribution in [3.63, 3.8) is 0 Å². The van der Waals surface area contributed by atoms with Crippen molar-refractivity contribution in [2.45, 2.75) is 43.4 Å². The fourth-order valence-electron chi connectivity index (χ4n) is 6.22. The quantitative estimate of drug-likeness (QED) is 0.336. The predicted molar refractivity (Wildman–Crippen MR) is 154 cm³/mol. The van der Waals surface area contributed by atoms with Gasteiger partial charge in [-0.3, -0.25) is 4.90 Å². The van der Waals surface area contributed by atoms with Crippen LogP contribution in [0.2, 0.25) is 0 Å². The van der Waals surface area contributed by atoms with E-state index < -0.39 is 5.60 Å². The molecule has 9 heteroatoms. The number of nitrogen functional groups attached to an aromatic ring is 1. The van der Waals surface area contributed by atoms with Crippen LogP contribution in [0.1, 0.15) is 43.0 Å². The highest BCUT2D eigenvalue weighted by molar-refractivity contribution is 5.89. The third kappa shape index (κ3) is 5.09. The van der Waals surface area contributed by atoms with Gasteiger partial charge in [-0.05, 0) is 50.4 Å². The summed E-state index contributed by atoms with van der Waals surface area (Å²) in [6.45, 7) is 4.78. The third-order valence-corrected chi connectivity index (χ3v) is 8.55. The average molecular weight is 527 g/mol. The van der Waals surface area contributed by atoms with E-state index in [1.54, 1.807) is 0 Å². The SMILES string of the molecule is CN1CCN(C2CCC(n3nc(C(O)(CNc4ccccc4)c4ccccc4)c4c(N)ncnc43)CC2)CC1. The van der Waals surface area contributed by atoms with Gasteiger partial charge in [-0.1, -0.05) is 48.5 Å². The molecule has 2 aliphatic rings. The lowest BCUT2D eigenvalue weighted by atomic mass is 9.88. The predicted octanol–water partition coefficient (Wildman–Crippen LogP) is 3.49. The number of likely N-dealkylation sites (N-methyl/N-ethyl adjacent to an activating group) is 1. The number of para-hydroxylation sites is 1. The topological polar surface area (TPSA) is 108 Å². The summed E-state index contributed by atoms with van der Waals surface area (Å²) >= 11 is 0. The Morgan fingerprint density at radius 1 is 0.897 bits per heavy atom. The second-order valence-corrected chi connectivity index (χ2v) is 11.0. The minimum absolute atomic E-state index is 0.196. The summed E-state index contributed by atoms with van der Waals surface area (Å²) in [6.07, 6.45) is 5.79. The van der Waals surface area contributed by atoms with Crippen LogP contribution in [0, 0.1) is 0 Å². The first-order chi connectivity index (χ1) is 19.0. The molecular formula is C30H38N8O. The number of aliphatic hydroxyl groups is 1. The van der Waals surface area contributed by atoms with Crippen LogP contribution in [0.3, 0.4) is 0 Å². The number of piperazine rings is 1. The van der Waals surface area contributed by atoms with E-state index in [1.165, 1.54) is 6.33 Å². The maximum Gasteiger partial charge on any atom is 0.163 e. The van der Waals surface area contributed by atoms with Crippen molar-refractivity contribution in [2.75, 3.05) is 50.8 Å². The minimum atomic E-state index is -1.45. The van der Waals surface area contributed by atoms with E-state index in [4.69, 9.17) is 10.8 Å². The summed E-state index contributed by atoms with van der Waals surface area (Å²) in [5, 5.41) is 21.6. The van der Waals surface area contributed by atoms with Crippen LogP contribution >= 0.6 is 0 Å². The van der Waals surface area contributed by atoms with Crippen molar-refractivity contribution in [2.24, 2.45) is 0 Å². The van der Waals surface area contributed by atoms with Crippen molar-refractivity contribution in [1.29, 1.82) is 0 Å². The van der Waals surface area contributed by atoms with Crippen LogP contribution in [-0.4, -0.2) is 80.5 Å². The van der Waals surface area contributed by atoms with Crippen molar-refractivity contribution < 1.29 is 5.11 Å². The molecule has 2 fully saturated rings. The first-order valence-corrected chi connectivity index (χ1v) is 14.0. The number of hydrogen-bond donors (Lipinski definition) is 3. The largest absolute Gasteiger partial charge is 0.383 e. The van der Waals surface area contributed by atoms with Crippen LogP contribution < -0.4 is 11.1 Å². The zero-order chi connectivity index (χ0) is 26.8. The summed E-state index contributed by atoms with van der Waals surface area (Å²) in [6, 6.07) is 20.4. The molecule has 0 spiro atoms. The number of nitrogens with one attached hydrogen (secondary N) is 1. The normalized spacial score (nSPS) is 22.5. The molecule has 204 valence electrons. The Morgan fingerprint density at radius 2 is 1.54 bits per heavy atom. The van der Waals surface area contributed by atoms with E-state index in [-0.39, 0.29) is 12.6 Å². The van der Waals surface area contributed by atoms with E-state index in [2.05, 4.69) is 32.1 Å². The monoisotopic (exact) mass is 526 g/mol. The lowest BCUT2D eigenvalue weighted by Crippen LogP contribution is -2.50. The number of anilines is 2. The van der Waals surface area contributed by atoms with Crippen LogP contribution in [0.5, 0.6) is 0 Å². The molecule has 2 aromatic carbocycles. The fourth-order valence-corrected chi connectivity index (χ4v) is 6.22. The highest BCUT2D eigenvalue weighted by atomic mass is 16.3. The first kappa shape index (κ1) is 25.7. The van der Waals surface area contributed by atoms with Gasteiger partial charge in [0.15, 0.2) is 11.2 Å². The molecule has 4 N–H and O–H groups in total. The number of nitrogens with zero attached hydrogens (tertiary/aromatic N) is 6. The Labute approximate surface area is 229 Å². The number of benzene rings is 2. The first-order valence-electron chi connectivity index (χ1n) is 14.0. The molecule has 1 atom stereocenters. The molecule has 1 saturated carbocycles. The number of nitrogens with two attached hydrogens (primary N) is 1. The van der Waals surface area contributed by atoms with Gasteiger partial charge in [0, 0.05) is 37.9 Å². The second-order valence-electron chi connectivity index (χ2n) is 11.0. The molecule has 9 nitrogen and oxygen atoms in total. The maximum absolute atomic E-state index is 12.4. The van der Waals surface area contributed by atoms with Gasteiger partial charge in [0.2, 0.25) is 0 Å². The molecule has 0 radical (unpaired) electrons. The summed E-state index contributed by atoms with van der Waals surface area (Å²) in [5.41, 5.74) is 7.86. The maximum atomic E-state index is 12.4. The van der Waals surface area contributed by atoms with Gasteiger partial charge >= 0.3 is 0 Å². The van der Waals surface area contributed by atoms with Crippen molar-refractivity contribution in [3.8, 4) is 0 Å². The Bertz CT molecular complexity index is 1380. The molecule has 2 aromatic heterocycles. The zero-order valence-corrected chi connectivity index (χ0v) is 22.6. The molecule has 39 heavy (non-hydrogen) atoms. The van der Waals surface area contributed by atoms with Crippen LogP contribution in [-0.2, 0) is 5.60 Å². The smallest absolute Gasteiger partial charge is 0.163 e. The van der Waals surface area contributed by atoms with E-state index in [0.29, 0.717) is 28.6 Å². The van der Waals surface area contributed by atoms with Crippen molar-refractivity contribution in [1.82, 2.24) is 29.5 Å². The summed E-state index contributed by atoms with van der Waals surface area (Å²) in [5.74, 6) is 0.335. The summed E-state index contributed by atoms with van der Waals surface area (Å²) in [4.78, 5) is 14.0. The zero-order valence-electron chi connectivity index (χ0n) is 22.6. The average Bonchev–Trinajstić information content (AvgIpc) is 3.39. The fraction of sp³-hybridized carbons (Fsp3) is 0.433. The van der Waals surface area contributed by atoms with Crippen molar-refractivity contribution in [3.05, 3.63) is 78.2 Å². The van der Waals surface area contributed by atoms with Gasteiger partial charge in [-0.15, -0.1) is 0 Å². The summed E-state index contributed by atoms with van der Waals surface area (Å²) < 4.78 is 2.01. The Balaban J connectivity index is 1.34. The molecule has 1 aliphatic heterocycles. The molecule has 1 aliphatic carbocycles. The van der Waals surface area contributed by atoms with E-state index >= 15 is 0 Å². The lowest BCUT2D eigenvalue weighted by Gasteiger charge is -2.41. The third-order valence-electron chi connectivity index (χ3n) is 8.55.